The number of benzene rings is 1. The van der Waals surface area contributed by atoms with E-state index in [4.69, 9.17) is 0 Å². The molecular formula is C16H18N2O. The van der Waals surface area contributed by atoms with Gasteiger partial charge in [0.2, 0.25) is 0 Å². The van der Waals surface area contributed by atoms with Crippen LogP contribution in [0, 0.1) is 6.92 Å². The van der Waals surface area contributed by atoms with E-state index >= 15 is 0 Å². The minimum Gasteiger partial charge on any atom is -0.294 e. The van der Waals surface area contributed by atoms with Crippen molar-refractivity contribution in [2.45, 2.75) is 33.1 Å². The largest absolute Gasteiger partial charge is 0.294 e. The van der Waals surface area contributed by atoms with Gasteiger partial charge in [0, 0.05) is 17.2 Å². The zero-order valence-corrected chi connectivity index (χ0v) is 11.6. The Bertz CT molecular complexity index is 577. The summed E-state index contributed by atoms with van der Waals surface area (Å²) in [6.45, 7) is 6.04. The number of Topliss-reactive ketones (excluding diaryl/α,β-unsaturated/α-hetero) is 1. The highest BCUT2D eigenvalue weighted by atomic mass is 16.1. The molecule has 0 unspecified atom stereocenters. The van der Waals surface area contributed by atoms with Crippen molar-refractivity contribution in [2.75, 3.05) is 0 Å². The van der Waals surface area contributed by atoms with Crippen LogP contribution in [0.5, 0.6) is 0 Å². The second-order valence-electron chi connectivity index (χ2n) is 4.98. The topological polar surface area (TPSA) is 42.9 Å². The standard InChI is InChI=1S/C16H18N2O/c1-11(2)16-17-12(3)9-14(18-16)10-15(19)13-7-5-4-6-8-13/h4-9,11H,10H2,1-3H3. The van der Waals surface area contributed by atoms with Crippen LogP contribution in [0.1, 0.15) is 47.3 Å². The van der Waals surface area contributed by atoms with E-state index in [1.54, 1.807) is 0 Å². The molecule has 3 heteroatoms. The van der Waals surface area contributed by atoms with Crippen molar-refractivity contribution in [1.82, 2.24) is 9.97 Å². The molecular weight excluding hydrogens is 236 g/mol. The Balaban J connectivity index is 2.22. The maximum absolute atomic E-state index is 12.1. The smallest absolute Gasteiger partial charge is 0.168 e. The van der Waals surface area contributed by atoms with Gasteiger partial charge in [0.25, 0.3) is 0 Å². The van der Waals surface area contributed by atoms with Gasteiger partial charge >= 0.3 is 0 Å². The quantitative estimate of drug-likeness (QED) is 0.786. The fourth-order valence-corrected chi connectivity index (χ4v) is 1.90. The van der Waals surface area contributed by atoms with Crippen LogP contribution in [0.15, 0.2) is 36.4 Å². The summed E-state index contributed by atoms with van der Waals surface area (Å²) in [5.41, 5.74) is 2.43. The van der Waals surface area contributed by atoms with E-state index in [2.05, 4.69) is 23.8 Å². The van der Waals surface area contributed by atoms with Gasteiger partial charge in [0.05, 0.1) is 12.1 Å². The highest BCUT2D eigenvalue weighted by Crippen LogP contribution is 2.12. The zero-order chi connectivity index (χ0) is 13.8. The maximum Gasteiger partial charge on any atom is 0.168 e. The first-order chi connectivity index (χ1) is 9.06. The monoisotopic (exact) mass is 254 g/mol. The second kappa shape index (κ2) is 5.74. The van der Waals surface area contributed by atoms with Crippen LogP contribution in [0.25, 0.3) is 0 Å². The first-order valence-electron chi connectivity index (χ1n) is 6.49. The average Bonchev–Trinajstić information content (AvgIpc) is 2.39. The third-order valence-corrected chi connectivity index (χ3v) is 2.88. The number of hydrogen-bond acceptors (Lipinski definition) is 3. The molecule has 0 aliphatic heterocycles. The normalized spacial score (nSPS) is 10.7. The molecule has 19 heavy (non-hydrogen) atoms. The Morgan fingerprint density at radius 3 is 2.47 bits per heavy atom. The number of nitrogens with zero attached hydrogens (tertiary/aromatic N) is 2. The molecule has 1 aromatic carbocycles. The van der Waals surface area contributed by atoms with E-state index in [9.17, 15) is 4.79 Å². The van der Waals surface area contributed by atoms with Crippen molar-refractivity contribution in [3.05, 3.63) is 59.2 Å². The molecule has 0 aliphatic carbocycles. The molecule has 0 atom stereocenters. The summed E-state index contributed by atoms with van der Waals surface area (Å²) in [4.78, 5) is 21.0. The zero-order valence-electron chi connectivity index (χ0n) is 11.6. The Kier molecular flexibility index (Phi) is 4.05. The van der Waals surface area contributed by atoms with Gasteiger partial charge in [-0.2, -0.15) is 0 Å². The van der Waals surface area contributed by atoms with E-state index < -0.39 is 0 Å². The maximum atomic E-state index is 12.1. The van der Waals surface area contributed by atoms with Gasteiger partial charge in [0.1, 0.15) is 5.82 Å². The summed E-state index contributed by atoms with van der Waals surface area (Å²) in [6.07, 6.45) is 0.326. The lowest BCUT2D eigenvalue weighted by atomic mass is 10.1. The highest BCUT2D eigenvalue weighted by Gasteiger charge is 2.11. The molecule has 1 aromatic heterocycles. The molecule has 0 fully saturated rings. The van der Waals surface area contributed by atoms with Crippen molar-refractivity contribution < 1.29 is 4.79 Å². The molecule has 0 aliphatic rings. The molecule has 1 heterocycles. The van der Waals surface area contributed by atoms with Crippen molar-refractivity contribution in [3.8, 4) is 0 Å². The molecule has 0 spiro atoms. The predicted octanol–water partition coefficient (Wildman–Crippen LogP) is 3.33. The Labute approximate surface area is 113 Å². The number of carbonyl (C=O) groups is 1. The molecule has 0 N–H and O–H groups in total. The molecule has 0 saturated carbocycles. The Morgan fingerprint density at radius 2 is 1.84 bits per heavy atom. The van der Waals surface area contributed by atoms with Gasteiger partial charge in [-0.3, -0.25) is 4.79 Å². The molecule has 3 nitrogen and oxygen atoms in total. The van der Waals surface area contributed by atoms with Crippen LogP contribution in [0.3, 0.4) is 0 Å². The minimum absolute atomic E-state index is 0.0911. The second-order valence-corrected chi connectivity index (χ2v) is 4.98. The van der Waals surface area contributed by atoms with E-state index in [0.717, 1.165) is 22.8 Å². The van der Waals surface area contributed by atoms with Crippen LogP contribution < -0.4 is 0 Å². The van der Waals surface area contributed by atoms with Crippen LogP contribution >= 0.6 is 0 Å². The van der Waals surface area contributed by atoms with Gasteiger partial charge in [-0.15, -0.1) is 0 Å². The van der Waals surface area contributed by atoms with Crippen LogP contribution in [-0.2, 0) is 6.42 Å². The Morgan fingerprint density at radius 1 is 1.16 bits per heavy atom. The van der Waals surface area contributed by atoms with E-state index in [1.807, 2.05) is 43.3 Å². The number of hydrogen-bond donors (Lipinski definition) is 0. The average molecular weight is 254 g/mol. The van der Waals surface area contributed by atoms with E-state index in [1.165, 1.54) is 0 Å². The molecule has 2 aromatic rings. The molecule has 0 saturated heterocycles. The first kappa shape index (κ1) is 13.4. The van der Waals surface area contributed by atoms with Gasteiger partial charge < -0.3 is 0 Å². The summed E-state index contributed by atoms with van der Waals surface area (Å²) in [6, 6.07) is 11.2. The number of aromatic nitrogens is 2. The number of rotatable bonds is 4. The lowest BCUT2D eigenvalue weighted by Gasteiger charge is -2.08. The summed E-state index contributed by atoms with van der Waals surface area (Å²) in [5, 5.41) is 0. The molecule has 0 bridgehead atoms. The van der Waals surface area contributed by atoms with Crippen molar-refractivity contribution in [1.29, 1.82) is 0 Å². The van der Waals surface area contributed by atoms with Gasteiger partial charge in [0.15, 0.2) is 5.78 Å². The number of carbonyl (C=O) groups excluding carboxylic acids is 1. The third kappa shape index (κ3) is 3.47. The van der Waals surface area contributed by atoms with Crippen molar-refractivity contribution in [2.24, 2.45) is 0 Å². The van der Waals surface area contributed by atoms with E-state index in [0.29, 0.717) is 6.42 Å². The van der Waals surface area contributed by atoms with E-state index in [-0.39, 0.29) is 11.7 Å². The lowest BCUT2D eigenvalue weighted by Crippen LogP contribution is -2.09. The summed E-state index contributed by atoms with van der Waals surface area (Å²) in [5.74, 6) is 1.16. The fraction of sp³-hybridized carbons (Fsp3) is 0.312. The van der Waals surface area contributed by atoms with Gasteiger partial charge in [-0.05, 0) is 13.0 Å². The summed E-state index contributed by atoms with van der Waals surface area (Å²) < 4.78 is 0. The van der Waals surface area contributed by atoms with Crippen LogP contribution in [-0.4, -0.2) is 15.8 Å². The van der Waals surface area contributed by atoms with Gasteiger partial charge in [-0.1, -0.05) is 44.2 Å². The Hall–Kier alpha value is -2.03. The lowest BCUT2D eigenvalue weighted by molar-refractivity contribution is 0.0992. The molecule has 0 amide bonds. The van der Waals surface area contributed by atoms with Crippen molar-refractivity contribution >= 4 is 5.78 Å². The van der Waals surface area contributed by atoms with Crippen LogP contribution in [0.2, 0.25) is 0 Å². The highest BCUT2D eigenvalue weighted by molar-refractivity contribution is 5.97. The van der Waals surface area contributed by atoms with Crippen molar-refractivity contribution in [3.63, 3.8) is 0 Å². The predicted molar refractivity (Wildman–Crippen MR) is 75.3 cm³/mol. The fourth-order valence-electron chi connectivity index (χ4n) is 1.90. The summed E-state index contributed by atoms with van der Waals surface area (Å²) in [7, 11) is 0. The number of ketones is 1. The number of aryl methyl sites for hydroxylation is 1. The summed E-state index contributed by atoms with van der Waals surface area (Å²) >= 11 is 0. The van der Waals surface area contributed by atoms with Crippen LogP contribution in [0.4, 0.5) is 0 Å². The first-order valence-corrected chi connectivity index (χ1v) is 6.49. The van der Waals surface area contributed by atoms with Gasteiger partial charge in [-0.25, -0.2) is 9.97 Å². The SMILES string of the molecule is Cc1cc(CC(=O)c2ccccc2)nc(C(C)C)n1. The minimum atomic E-state index is 0.0911. The molecule has 2 rings (SSSR count). The molecule has 98 valence electrons. The third-order valence-electron chi connectivity index (χ3n) is 2.88. The molecule has 0 radical (unpaired) electrons.